The Bertz CT molecular complexity index is 305. The van der Waals surface area contributed by atoms with Crippen molar-refractivity contribution in [3.05, 3.63) is 12.2 Å². The molecule has 0 aliphatic heterocycles. The predicted octanol–water partition coefficient (Wildman–Crippen LogP) is 1.91. The fraction of sp³-hybridized carbons (Fsp3) is 0.417. The van der Waals surface area contributed by atoms with E-state index in [1.165, 1.54) is 6.92 Å². The fourth-order valence-electron chi connectivity index (χ4n) is 0.582. The van der Waals surface area contributed by atoms with Crippen LogP contribution >= 0.6 is 0 Å². The average molecular weight is 190 g/mol. The van der Waals surface area contributed by atoms with Crippen LogP contribution in [-0.2, 0) is 9.53 Å². The van der Waals surface area contributed by atoms with Crippen LogP contribution in [0.1, 0.15) is 26.7 Å². The van der Waals surface area contributed by atoms with Crippen LogP contribution in [-0.4, -0.2) is 12.6 Å². The van der Waals surface area contributed by atoms with E-state index in [1.54, 1.807) is 12.2 Å². The third-order valence-electron chi connectivity index (χ3n) is 1.18. The zero-order valence-electron chi connectivity index (χ0n) is 8.59. The SMILES string of the molecule is CCCC#CC#CC=CCOC(C)=O. The molecule has 0 aromatic carbocycles. The van der Waals surface area contributed by atoms with Gasteiger partial charge in [-0.1, -0.05) is 18.8 Å². The summed E-state index contributed by atoms with van der Waals surface area (Å²) < 4.78 is 4.66. The lowest BCUT2D eigenvalue weighted by Gasteiger charge is -1.91. The van der Waals surface area contributed by atoms with E-state index in [9.17, 15) is 4.79 Å². The maximum atomic E-state index is 10.3. The highest BCUT2D eigenvalue weighted by Gasteiger charge is 1.84. The van der Waals surface area contributed by atoms with Gasteiger partial charge in [-0.3, -0.25) is 4.79 Å². The number of esters is 1. The molecule has 2 nitrogen and oxygen atoms in total. The molecule has 0 saturated carbocycles. The van der Waals surface area contributed by atoms with Crippen LogP contribution in [0.3, 0.4) is 0 Å². The molecular formula is C12H14O2. The van der Waals surface area contributed by atoms with Crippen molar-refractivity contribution in [1.29, 1.82) is 0 Å². The largest absolute Gasteiger partial charge is 0.462 e. The van der Waals surface area contributed by atoms with Crippen molar-refractivity contribution in [2.24, 2.45) is 0 Å². The minimum absolute atomic E-state index is 0.270. The van der Waals surface area contributed by atoms with Gasteiger partial charge in [-0.15, -0.1) is 0 Å². The molecule has 0 spiro atoms. The van der Waals surface area contributed by atoms with Crippen molar-refractivity contribution >= 4 is 5.97 Å². The van der Waals surface area contributed by atoms with Crippen LogP contribution in [0.15, 0.2) is 12.2 Å². The monoisotopic (exact) mass is 190 g/mol. The van der Waals surface area contributed by atoms with E-state index < -0.39 is 0 Å². The number of unbranched alkanes of at least 4 members (excludes halogenated alkanes) is 1. The van der Waals surface area contributed by atoms with Crippen molar-refractivity contribution in [3.63, 3.8) is 0 Å². The summed E-state index contributed by atoms with van der Waals surface area (Å²) in [6.07, 6.45) is 5.24. The minimum atomic E-state index is -0.287. The Hall–Kier alpha value is -1.67. The van der Waals surface area contributed by atoms with Gasteiger partial charge in [0, 0.05) is 13.3 Å². The summed E-state index contributed by atoms with van der Waals surface area (Å²) in [4.78, 5) is 10.3. The molecule has 0 heterocycles. The third kappa shape index (κ3) is 10.3. The quantitative estimate of drug-likeness (QED) is 0.502. The van der Waals surface area contributed by atoms with Crippen molar-refractivity contribution in [2.45, 2.75) is 26.7 Å². The van der Waals surface area contributed by atoms with Crippen LogP contribution in [0, 0.1) is 23.7 Å². The highest BCUT2D eigenvalue weighted by molar-refractivity contribution is 5.66. The molecule has 0 unspecified atom stereocenters. The molecule has 0 aliphatic carbocycles. The van der Waals surface area contributed by atoms with E-state index in [2.05, 4.69) is 35.3 Å². The molecule has 2 heteroatoms. The van der Waals surface area contributed by atoms with Gasteiger partial charge in [0.1, 0.15) is 6.61 Å². The molecule has 0 N–H and O–H groups in total. The number of carbonyl (C=O) groups is 1. The van der Waals surface area contributed by atoms with Gasteiger partial charge in [-0.25, -0.2) is 0 Å². The number of hydrogen-bond acceptors (Lipinski definition) is 2. The Morgan fingerprint density at radius 3 is 2.86 bits per heavy atom. The fourth-order valence-corrected chi connectivity index (χ4v) is 0.582. The van der Waals surface area contributed by atoms with E-state index in [0.717, 1.165) is 12.8 Å². The standard InChI is InChI=1S/C12H14O2/c1-3-4-5-6-7-8-9-10-11-14-12(2)13/h9-10H,3-4,11H2,1-2H3. The Labute approximate surface area is 85.3 Å². The number of hydrogen-bond donors (Lipinski definition) is 0. The van der Waals surface area contributed by atoms with Gasteiger partial charge in [0.05, 0.1) is 0 Å². The lowest BCUT2D eigenvalue weighted by molar-refractivity contribution is -0.139. The molecule has 0 atom stereocenters. The van der Waals surface area contributed by atoms with Gasteiger partial charge < -0.3 is 4.74 Å². The summed E-state index contributed by atoms with van der Waals surface area (Å²) in [5.74, 6) is 10.7. The van der Waals surface area contributed by atoms with Crippen molar-refractivity contribution in [2.75, 3.05) is 6.61 Å². The Morgan fingerprint density at radius 2 is 2.21 bits per heavy atom. The minimum Gasteiger partial charge on any atom is -0.462 e. The van der Waals surface area contributed by atoms with E-state index in [-0.39, 0.29) is 12.6 Å². The van der Waals surface area contributed by atoms with Gasteiger partial charge in [0.25, 0.3) is 0 Å². The molecule has 0 saturated heterocycles. The second kappa shape index (κ2) is 9.42. The first kappa shape index (κ1) is 12.3. The lowest BCUT2D eigenvalue weighted by Crippen LogP contribution is -1.96. The molecule has 0 fully saturated rings. The molecule has 14 heavy (non-hydrogen) atoms. The normalized spacial score (nSPS) is 8.43. The predicted molar refractivity (Wildman–Crippen MR) is 56.2 cm³/mol. The lowest BCUT2D eigenvalue weighted by atomic mass is 10.3. The van der Waals surface area contributed by atoms with Gasteiger partial charge in [-0.2, -0.15) is 0 Å². The summed E-state index contributed by atoms with van der Waals surface area (Å²) in [6, 6.07) is 0. The first-order chi connectivity index (χ1) is 6.77. The number of rotatable bonds is 3. The van der Waals surface area contributed by atoms with E-state index in [1.807, 2.05) is 0 Å². The molecule has 0 rings (SSSR count). The molecule has 0 radical (unpaired) electrons. The van der Waals surface area contributed by atoms with Gasteiger partial charge >= 0.3 is 5.97 Å². The number of ether oxygens (including phenoxy) is 1. The Balaban J connectivity index is 3.61. The van der Waals surface area contributed by atoms with E-state index in [4.69, 9.17) is 0 Å². The first-order valence-electron chi connectivity index (χ1n) is 4.54. The molecule has 0 amide bonds. The van der Waals surface area contributed by atoms with Crippen molar-refractivity contribution in [1.82, 2.24) is 0 Å². The van der Waals surface area contributed by atoms with Crippen LogP contribution in [0.4, 0.5) is 0 Å². The van der Waals surface area contributed by atoms with Gasteiger partial charge in [0.15, 0.2) is 0 Å². The van der Waals surface area contributed by atoms with Crippen LogP contribution < -0.4 is 0 Å². The zero-order valence-corrected chi connectivity index (χ0v) is 8.59. The van der Waals surface area contributed by atoms with Crippen molar-refractivity contribution in [3.8, 4) is 23.7 Å². The van der Waals surface area contributed by atoms with Gasteiger partial charge in [0.2, 0.25) is 0 Å². The van der Waals surface area contributed by atoms with E-state index in [0.29, 0.717) is 0 Å². The second-order valence-corrected chi connectivity index (χ2v) is 2.53. The maximum Gasteiger partial charge on any atom is 0.302 e. The van der Waals surface area contributed by atoms with Crippen LogP contribution in [0.25, 0.3) is 0 Å². The maximum absolute atomic E-state index is 10.3. The van der Waals surface area contributed by atoms with E-state index >= 15 is 0 Å². The molecular weight excluding hydrogens is 176 g/mol. The molecule has 0 aromatic heterocycles. The average Bonchev–Trinajstić information content (AvgIpc) is 2.15. The van der Waals surface area contributed by atoms with Gasteiger partial charge in [-0.05, 0) is 30.4 Å². The molecule has 74 valence electrons. The summed E-state index contributed by atoms with van der Waals surface area (Å²) in [6.45, 7) is 3.71. The number of carbonyl (C=O) groups excluding carboxylic acids is 1. The second-order valence-electron chi connectivity index (χ2n) is 2.53. The highest BCUT2D eigenvalue weighted by atomic mass is 16.5. The molecule has 0 aliphatic rings. The highest BCUT2D eigenvalue weighted by Crippen LogP contribution is 1.80. The van der Waals surface area contributed by atoms with Crippen LogP contribution in [0.2, 0.25) is 0 Å². The summed E-state index contributed by atoms with van der Waals surface area (Å²) in [7, 11) is 0. The molecule has 0 aromatic rings. The summed E-state index contributed by atoms with van der Waals surface area (Å²) in [5.41, 5.74) is 0. The Morgan fingerprint density at radius 1 is 1.43 bits per heavy atom. The summed E-state index contributed by atoms with van der Waals surface area (Å²) in [5, 5.41) is 0. The Kier molecular flexibility index (Phi) is 8.29. The smallest absolute Gasteiger partial charge is 0.302 e. The van der Waals surface area contributed by atoms with Crippen LogP contribution in [0.5, 0.6) is 0 Å². The summed E-state index contributed by atoms with van der Waals surface area (Å²) >= 11 is 0. The van der Waals surface area contributed by atoms with Crippen molar-refractivity contribution < 1.29 is 9.53 Å². The first-order valence-corrected chi connectivity index (χ1v) is 4.54. The zero-order chi connectivity index (χ0) is 10.6. The third-order valence-corrected chi connectivity index (χ3v) is 1.18. The topological polar surface area (TPSA) is 26.3 Å². The molecule has 0 bridgehead atoms. The number of allylic oxidation sites excluding steroid dienone is 1.